The number of β-amino-alcohol motifs (C(OH)–C–C–N with tert-alkyl or cyclic N) is 1. The van der Waals surface area contributed by atoms with Gasteiger partial charge in [0, 0.05) is 61.3 Å². The summed E-state index contributed by atoms with van der Waals surface area (Å²) in [4.78, 5) is 27.7. The van der Waals surface area contributed by atoms with Crippen molar-refractivity contribution in [1.82, 2.24) is 25.2 Å². The number of hydrogen-bond acceptors (Lipinski definition) is 10. The number of pyridine rings is 2. The average molecular weight is 694 g/mol. The van der Waals surface area contributed by atoms with Crippen molar-refractivity contribution in [3.8, 4) is 28.7 Å². The second-order valence-corrected chi connectivity index (χ2v) is 13.8. The Balaban J connectivity index is 1.09. The maximum Gasteiger partial charge on any atom is 0.304 e. The molecule has 2 atom stereocenters. The van der Waals surface area contributed by atoms with E-state index in [0.29, 0.717) is 47.9 Å². The maximum absolute atomic E-state index is 11.1. The smallest absolute Gasteiger partial charge is 0.304 e. The van der Waals surface area contributed by atoms with Crippen LogP contribution in [0, 0.1) is 25.2 Å². The average Bonchev–Trinajstić information content (AvgIpc) is 3.86. The van der Waals surface area contributed by atoms with Gasteiger partial charge in [-0.25, -0.2) is 9.97 Å². The quantitative estimate of drug-likeness (QED) is 0.117. The molecule has 3 aromatic heterocycles. The second-order valence-electron chi connectivity index (χ2n) is 13.8. The lowest BCUT2D eigenvalue weighted by molar-refractivity contribution is -0.136. The molecule has 8 rings (SSSR count). The number of aliphatic carboxylic acids is 1. The number of hydrogen-bond donors (Lipinski definition) is 4. The number of nitriles is 1. The molecule has 3 aromatic carbocycles. The molecule has 52 heavy (non-hydrogen) atoms. The van der Waals surface area contributed by atoms with Crippen molar-refractivity contribution in [2.24, 2.45) is 0 Å². The van der Waals surface area contributed by atoms with Gasteiger partial charge in [-0.05, 0) is 102 Å². The van der Waals surface area contributed by atoms with Gasteiger partial charge in [0.05, 0.1) is 12.5 Å². The highest BCUT2D eigenvalue weighted by Crippen LogP contribution is 2.41. The predicted octanol–water partition coefficient (Wildman–Crippen LogP) is 6.96. The monoisotopic (exact) mass is 693 g/mol. The topological polar surface area (TPSA) is 160 Å². The van der Waals surface area contributed by atoms with E-state index in [1.807, 2.05) is 42.6 Å². The Hall–Kier alpha value is -5.67. The van der Waals surface area contributed by atoms with Gasteiger partial charge < -0.3 is 25.3 Å². The molecule has 0 radical (unpaired) electrons. The molecule has 1 aliphatic carbocycles. The molecule has 0 saturated carbocycles. The van der Waals surface area contributed by atoms with E-state index in [2.05, 4.69) is 58.6 Å². The van der Waals surface area contributed by atoms with Gasteiger partial charge in [-0.3, -0.25) is 14.7 Å². The van der Waals surface area contributed by atoms with E-state index >= 15 is 0 Å². The second kappa shape index (κ2) is 13.8. The van der Waals surface area contributed by atoms with Gasteiger partial charge in [0.15, 0.2) is 11.4 Å². The lowest BCUT2D eigenvalue weighted by atomic mass is 9.93. The minimum absolute atomic E-state index is 0.0337. The molecule has 0 amide bonds. The van der Waals surface area contributed by atoms with E-state index in [-0.39, 0.29) is 18.6 Å². The number of aliphatic hydroxyl groups excluding tert-OH is 1. The number of aromatic nitrogens is 3. The SMILES string of the molecule is Cc1c(Nc2nccc3cc(CN4CC[C@@H](O)C4)cnc23)cccc1-c1cccc(-c2nc3cc4c(c(C#N)c3o2)CCC4NCCC(=O)O)c1C. The number of nitrogens with one attached hydrogen (secondary N) is 2. The van der Waals surface area contributed by atoms with E-state index < -0.39 is 5.97 Å². The van der Waals surface area contributed by atoms with Crippen LogP contribution in [0.2, 0.25) is 0 Å². The van der Waals surface area contributed by atoms with E-state index in [1.165, 1.54) is 0 Å². The Labute approximate surface area is 301 Å². The summed E-state index contributed by atoms with van der Waals surface area (Å²) < 4.78 is 6.37. The van der Waals surface area contributed by atoms with Crippen LogP contribution in [0.25, 0.3) is 44.6 Å². The summed E-state index contributed by atoms with van der Waals surface area (Å²) in [5, 5.41) is 37.1. The molecular formula is C41H39N7O4. The summed E-state index contributed by atoms with van der Waals surface area (Å²) in [6, 6.07) is 20.7. The molecule has 262 valence electrons. The highest BCUT2D eigenvalue weighted by Gasteiger charge is 2.29. The normalized spacial score (nSPS) is 17.1. The van der Waals surface area contributed by atoms with Crippen molar-refractivity contribution in [1.29, 1.82) is 5.26 Å². The van der Waals surface area contributed by atoms with Crippen LogP contribution in [0.4, 0.5) is 11.5 Å². The Morgan fingerprint density at radius 2 is 1.87 bits per heavy atom. The minimum Gasteiger partial charge on any atom is -0.481 e. The molecule has 0 spiro atoms. The number of aliphatic hydroxyl groups is 1. The summed E-state index contributed by atoms with van der Waals surface area (Å²) >= 11 is 0. The number of nitrogens with zero attached hydrogens (tertiary/aromatic N) is 5. The number of likely N-dealkylation sites (tertiary alicyclic amines) is 1. The maximum atomic E-state index is 11.1. The molecule has 11 heteroatoms. The van der Waals surface area contributed by atoms with Crippen molar-refractivity contribution in [2.45, 2.75) is 58.2 Å². The molecule has 4 heterocycles. The van der Waals surface area contributed by atoms with Crippen molar-refractivity contribution in [3.63, 3.8) is 0 Å². The van der Waals surface area contributed by atoms with Crippen LogP contribution >= 0.6 is 0 Å². The van der Waals surface area contributed by atoms with Crippen LogP contribution in [0.15, 0.2) is 71.4 Å². The van der Waals surface area contributed by atoms with Crippen LogP contribution in [0.5, 0.6) is 0 Å². The molecule has 4 N–H and O–H groups in total. The Morgan fingerprint density at radius 3 is 2.65 bits per heavy atom. The number of anilines is 2. The van der Waals surface area contributed by atoms with Crippen molar-refractivity contribution in [3.05, 3.63) is 100 Å². The van der Waals surface area contributed by atoms with Gasteiger partial charge in [-0.1, -0.05) is 24.3 Å². The fourth-order valence-corrected chi connectivity index (χ4v) is 7.79. The van der Waals surface area contributed by atoms with E-state index in [4.69, 9.17) is 19.5 Å². The van der Waals surface area contributed by atoms with Gasteiger partial charge in [0.1, 0.15) is 22.7 Å². The molecular weight excluding hydrogens is 654 g/mol. The Morgan fingerprint density at radius 1 is 1.06 bits per heavy atom. The zero-order chi connectivity index (χ0) is 35.9. The van der Waals surface area contributed by atoms with Crippen LogP contribution in [-0.2, 0) is 17.8 Å². The standard InChI is InChI=1S/C41H39N7O4/c1-23-28(5-3-7-30(23)41-47-36-18-32-31(33(19-42)39(36)52-41)9-10-35(32)43-15-12-37(50)51)29-6-4-8-34(24(29)2)46-40-38-26(11-14-44-40)17-25(20-45-38)21-48-16-13-27(49)22-48/h3-8,11,14,17-18,20,27,35,43,49H,9-10,12-13,15-16,21-22H2,1-2H3,(H,44,46)(H,50,51)/t27-,35?/m1/s1. The highest BCUT2D eigenvalue weighted by molar-refractivity contribution is 5.91. The lowest BCUT2D eigenvalue weighted by Crippen LogP contribution is -2.22. The first-order valence-corrected chi connectivity index (χ1v) is 17.7. The first-order valence-electron chi connectivity index (χ1n) is 17.7. The van der Waals surface area contributed by atoms with Crippen molar-refractivity contribution in [2.75, 3.05) is 25.0 Å². The molecule has 11 nitrogen and oxygen atoms in total. The Kier molecular flexibility index (Phi) is 8.89. The van der Waals surface area contributed by atoms with E-state index in [0.717, 1.165) is 87.0 Å². The third kappa shape index (κ3) is 6.26. The predicted molar refractivity (Wildman–Crippen MR) is 199 cm³/mol. The lowest BCUT2D eigenvalue weighted by Gasteiger charge is -2.17. The number of benzene rings is 3. The first kappa shape index (κ1) is 33.5. The number of fused-ring (bicyclic) bond motifs is 3. The molecule has 1 unspecified atom stereocenters. The van der Waals surface area contributed by atoms with Crippen molar-refractivity contribution >= 4 is 39.5 Å². The molecule has 2 aliphatic rings. The summed E-state index contributed by atoms with van der Waals surface area (Å²) in [6.45, 7) is 6.83. The molecule has 6 aromatic rings. The largest absolute Gasteiger partial charge is 0.481 e. The van der Waals surface area contributed by atoms with Gasteiger partial charge in [0.25, 0.3) is 0 Å². The summed E-state index contributed by atoms with van der Waals surface area (Å²) in [6.07, 6.45) is 5.78. The Bertz CT molecular complexity index is 2400. The van der Waals surface area contributed by atoms with Gasteiger partial charge in [0.2, 0.25) is 5.89 Å². The van der Waals surface area contributed by atoms with Crippen LogP contribution < -0.4 is 10.6 Å². The summed E-state index contributed by atoms with van der Waals surface area (Å²) in [7, 11) is 0. The fraction of sp³-hybridized carbons (Fsp3) is 0.293. The zero-order valence-electron chi connectivity index (χ0n) is 29.1. The minimum atomic E-state index is -0.847. The van der Waals surface area contributed by atoms with Gasteiger partial charge in [-0.15, -0.1) is 0 Å². The van der Waals surface area contributed by atoms with E-state index in [1.54, 1.807) is 6.20 Å². The molecule has 1 aliphatic heterocycles. The highest BCUT2D eigenvalue weighted by atomic mass is 16.4. The zero-order valence-corrected chi connectivity index (χ0v) is 29.1. The fourth-order valence-electron chi connectivity index (χ4n) is 7.79. The number of carboxylic acids is 1. The van der Waals surface area contributed by atoms with Crippen molar-refractivity contribution < 1.29 is 19.4 Å². The molecule has 1 saturated heterocycles. The number of carboxylic acid groups (broad SMARTS) is 1. The van der Waals surface area contributed by atoms with Gasteiger partial charge in [-0.2, -0.15) is 5.26 Å². The number of oxazole rings is 1. The molecule has 0 bridgehead atoms. The molecule has 1 fully saturated rings. The number of rotatable bonds is 10. The van der Waals surface area contributed by atoms with Crippen LogP contribution in [0.1, 0.15) is 58.7 Å². The first-order chi connectivity index (χ1) is 25.3. The van der Waals surface area contributed by atoms with Crippen LogP contribution in [0.3, 0.4) is 0 Å². The van der Waals surface area contributed by atoms with Crippen LogP contribution in [-0.4, -0.2) is 61.8 Å². The third-order valence-electron chi connectivity index (χ3n) is 10.5. The summed E-state index contributed by atoms with van der Waals surface area (Å²) in [5.41, 5.74) is 11.3. The van der Waals surface area contributed by atoms with E-state index in [9.17, 15) is 15.2 Å². The van der Waals surface area contributed by atoms with Gasteiger partial charge >= 0.3 is 5.97 Å². The summed E-state index contributed by atoms with van der Waals surface area (Å²) in [5.74, 6) is 0.279. The number of carbonyl (C=O) groups is 1. The third-order valence-corrected chi connectivity index (χ3v) is 10.5.